The van der Waals surface area contributed by atoms with Crippen LogP contribution in [0.1, 0.15) is 37.3 Å². The van der Waals surface area contributed by atoms with Crippen molar-refractivity contribution < 1.29 is 13.9 Å². The quantitative estimate of drug-likeness (QED) is 0.923. The van der Waals surface area contributed by atoms with Gasteiger partial charge in [0, 0.05) is 30.3 Å². The van der Waals surface area contributed by atoms with E-state index < -0.39 is 17.7 Å². The molecular formula is C14H16F2N2O. The second-order valence-corrected chi connectivity index (χ2v) is 4.77. The Morgan fingerprint density at radius 3 is 2.58 bits per heavy atom. The highest BCUT2D eigenvalue weighted by Gasteiger charge is 2.15. The van der Waals surface area contributed by atoms with Gasteiger partial charge in [-0.15, -0.1) is 0 Å². The van der Waals surface area contributed by atoms with E-state index in [1.54, 1.807) is 10.7 Å². The predicted molar refractivity (Wildman–Crippen MR) is 67.6 cm³/mol. The molecule has 102 valence electrons. The third-order valence-corrected chi connectivity index (χ3v) is 2.92. The van der Waals surface area contributed by atoms with E-state index in [-0.39, 0.29) is 18.0 Å². The number of aliphatic hydroxyl groups is 1. The van der Waals surface area contributed by atoms with Gasteiger partial charge in [-0.05, 0) is 26.0 Å². The highest BCUT2D eigenvalue weighted by atomic mass is 19.1. The second-order valence-electron chi connectivity index (χ2n) is 4.77. The Balaban J connectivity index is 2.13. The molecule has 0 saturated carbocycles. The zero-order valence-corrected chi connectivity index (χ0v) is 10.8. The molecule has 0 fully saturated rings. The first-order valence-electron chi connectivity index (χ1n) is 6.14. The molecule has 0 amide bonds. The van der Waals surface area contributed by atoms with E-state index in [0.717, 1.165) is 12.1 Å². The van der Waals surface area contributed by atoms with E-state index in [1.165, 1.54) is 6.07 Å². The lowest BCUT2D eigenvalue weighted by atomic mass is 10.0. The van der Waals surface area contributed by atoms with Gasteiger partial charge in [-0.25, -0.2) is 8.78 Å². The van der Waals surface area contributed by atoms with Crippen molar-refractivity contribution in [3.05, 3.63) is 53.4 Å². The highest BCUT2D eigenvalue weighted by Crippen LogP contribution is 2.21. The van der Waals surface area contributed by atoms with Crippen LogP contribution in [0.4, 0.5) is 8.78 Å². The largest absolute Gasteiger partial charge is 0.388 e. The SMILES string of the molecule is CC(C)n1ccc(CC(O)c2ccc(F)cc2F)n1. The van der Waals surface area contributed by atoms with E-state index in [2.05, 4.69) is 5.10 Å². The van der Waals surface area contributed by atoms with Crippen molar-refractivity contribution in [3.63, 3.8) is 0 Å². The molecule has 1 heterocycles. The molecule has 1 atom stereocenters. The summed E-state index contributed by atoms with van der Waals surface area (Å²) in [7, 11) is 0. The van der Waals surface area contributed by atoms with Gasteiger partial charge in [-0.3, -0.25) is 4.68 Å². The van der Waals surface area contributed by atoms with Gasteiger partial charge in [0.2, 0.25) is 0 Å². The third kappa shape index (κ3) is 3.17. The summed E-state index contributed by atoms with van der Waals surface area (Å²) in [6.45, 7) is 3.99. The lowest BCUT2D eigenvalue weighted by Crippen LogP contribution is -2.07. The number of hydrogen-bond acceptors (Lipinski definition) is 2. The van der Waals surface area contributed by atoms with Crippen LogP contribution >= 0.6 is 0 Å². The fourth-order valence-electron chi connectivity index (χ4n) is 1.85. The van der Waals surface area contributed by atoms with Gasteiger partial charge in [0.1, 0.15) is 11.6 Å². The smallest absolute Gasteiger partial charge is 0.131 e. The Hall–Kier alpha value is -1.75. The molecule has 1 aromatic heterocycles. The first-order chi connectivity index (χ1) is 8.97. The first-order valence-corrected chi connectivity index (χ1v) is 6.14. The number of halogens is 2. The van der Waals surface area contributed by atoms with Crippen molar-refractivity contribution in [3.8, 4) is 0 Å². The van der Waals surface area contributed by atoms with Crippen LogP contribution in [0.15, 0.2) is 30.5 Å². The Bertz CT molecular complexity index is 566. The topological polar surface area (TPSA) is 38.0 Å². The van der Waals surface area contributed by atoms with Crippen LogP contribution in [0.3, 0.4) is 0 Å². The van der Waals surface area contributed by atoms with Gasteiger partial charge in [0.15, 0.2) is 0 Å². The number of aromatic nitrogens is 2. The second kappa shape index (κ2) is 5.48. The molecule has 2 aromatic rings. The van der Waals surface area contributed by atoms with Crippen molar-refractivity contribution in [2.75, 3.05) is 0 Å². The summed E-state index contributed by atoms with van der Waals surface area (Å²) in [6.07, 6.45) is 0.979. The number of benzene rings is 1. The summed E-state index contributed by atoms with van der Waals surface area (Å²) in [6, 6.07) is 5.17. The molecule has 1 N–H and O–H groups in total. The van der Waals surface area contributed by atoms with E-state index in [9.17, 15) is 13.9 Å². The monoisotopic (exact) mass is 266 g/mol. The molecule has 1 aromatic carbocycles. The molecule has 0 aliphatic heterocycles. The van der Waals surface area contributed by atoms with Crippen LogP contribution in [-0.2, 0) is 6.42 Å². The van der Waals surface area contributed by atoms with Crippen molar-refractivity contribution >= 4 is 0 Å². The molecule has 0 aliphatic rings. The molecule has 0 bridgehead atoms. The maximum Gasteiger partial charge on any atom is 0.131 e. The average Bonchev–Trinajstić information content (AvgIpc) is 2.77. The summed E-state index contributed by atoms with van der Waals surface area (Å²) >= 11 is 0. The normalized spacial score (nSPS) is 12.9. The number of nitrogens with zero attached hydrogens (tertiary/aromatic N) is 2. The van der Waals surface area contributed by atoms with Crippen LogP contribution in [-0.4, -0.2) is 14.9 Å². The highest BCUT2D eigenvalue weighted by molar-refractivity contribution is 5.22. The third-order valence-electron chi connectivity index (χ3n) is 2.92. The first kappa shape index (κ1) is 13.7. The maximum absolute atomic E-state index is 13.5. The van der Waals surface area contributed by atoms with Gasteiger partial charge in [-0.2, -0.15) is 5.10 Å². The number of aliphatic hydroxyl groups excluding tert-OH is 1. The molecule has 5 heteroatoms. The van der Waals surface area contributed by atoms with E-state index in [1.807, 2.05) is 20.0 Å². The fourth-order valence-corrected chi connectivity index (χ4v) is 1.85. The molecule has 0 aliphatic carbocycles. The molecule has 3 nitrogen and oxygen atoms in total. The minimum Gasteiger partial charge on any atom is -0.388 e. The Morgan fingerprint density at radius 1 is 1.26 bits per heavy atom. The molecular weight excluding hydrogens is 250 g/mol. The van der Waals surface area contributed by atoms with Gasteiger partial charge in [-0.1, -0.05) is 6.07 Å². The van der Waals surface area contributed by atoms with Crippen LogP contribution in [0, 0.1) is 11.6 Å². The van der Waals surface area contributed by atoms with Crippen LogP contribution in [0.2, 0.25) is 0 Å². The van der Waals surface area contributed by atoms with Crippen molar-refractivity contribution in [2.24, 2.45) is 0 Å². The Labute approximate surface area is 110 Å². The summed E-state index contributed by atoms with van der Waals surface area (Å²) in [4.78, 5) is 0. The van der Waals surface area contributed by atoms with Crippen molar-refractivity contribution in [1.82, 2.24) is 9.78 Å². The molecule has 0 saturated heterocycles. The van der Waals surface area contributed by atoms with E-state index in [0.29, 0.717) is 5.69 Å². The van der Waals surface area contributed by atoms with Gasteiger partial charge >= 0.3 is 0 Å². The van der Waals surface area contributed by atoms with Gasteiger partial charge in [0.05, 0.1) is 11.8 Å². The zero-order chi connectivity index (χ0) is 14.0. The molecule has 19 heavy (non-hydrogen) atoms. The van der Waals surface area contributed by atoms with Crippen LogP contribution in [0.25, 0.3) is 0 Å². The minimum atomic E-state index is -1.03. The molecule has 0 spiro atoms. The Kier molecular flexibility index (Phi) is 3.95. The molecule has 0 radical (unpaired) electrons. The van der Waals surface area contributed by atoms with E-state index in [4.69, 9.17) is 0 Å². The fraction of sp³-hybridized carbons (Fsp3) is 0.357. The summed E-state index contributed by atoms with van der Waals surface area (Å²) < 4.78 is 28.1. The summed E-state index contributed by atoms with van der Waals surface area (Å²) in [5.41, 5.74) is 0.755. The van der Waals surface area contributed by atoms with Crippen molar-refractivity contribution in [2.45, 2.75) is 32.4 Å². The van der Waals surface area contributed by atoms with Crippen LogP contribution in [0.5, 0.6) is 0 Å². The summed E-state index contributed by atoms with van der Waals surface area (Å²) in [5.74, 6) is -1.40. The van der Waals surface area contributed by atoms with Crippen LogP contribution < -0.4 is 0 Å². The lowest BCUT2D eigenvalue weighted by Gasteiger charge is -2.10. The van der Waals surface area contributed by atoms with E-state index >= 15 is 0 Å². The molecule has 1 unspecified atom stereocenters. The Morgan fingerprint density at radius 2 is 2.00 bits per heavy atom. The lowest BCUT2D eigenvalue weighted by molar-refractivity contribution is 0.172. The average molecular weight is 266 g/mol. The standard InChI is InChI=1S/C14H16F2N2O/c1-9(2)18-6-5-11(17-18)8-14(19)12-4-3-10(15)7-13(12)16/h3-7,9,14,19H,8H2,1-2H3. The molecule has 2 rings (SSSR count). The number of hydrogen-bond donors (Lipinski definition) is 1. The predicted octanol–water partition coefficient (Wildman–Crippen LogP) is 3.02. The minimum absolute atomic E-state index is 0.0838. The zero-order valence-electron chi connectivity index (χ0n) is 10.8. The van der Waals surface area contributed by atoms with Gasteiger partial charge < -0.3 is 5.11 Å². The van der Waals surface area contributed by atoms with Gasteiger partial charge in [0.25, 0.3) is 0 Å². The number of rotatable bonds is 4. The summed E-state index contributed by atoms with van der Waals surface area (Å²) in [5, 5.41) is 14.3. The maximum atomic E-state index is 13.5. The van der Waals surface area contributed by atoms with Crippen molar-refractivity contribution in [1.29, 1.82) is 0 Å².